The van der Waals surface area contributed by atoms with Crippen molar-refractivity contribution in [3.63, 3.8) is 0 Å². The molecule has 0 fully saturated rings. The second-order valence-corrected chi connectivity index (χ2v) is 4.66. The van der Waals surface area contributed by atoms with E-state index in [1.165, 1.54) is 0 Å². The normalized spacial score (nSPS) is 9.67. The first-order valence-corrected chi connectivity index (χ1v) is 6.85. The molecule has 2 aromatic rings. The van der Waals surface area contributed by atoms with Gasteiger partial charge < -0.3 is 15.2 Å². The Labute approximate surface area is 129 Å². The van der Waals surface area contributed by atoms with Gasteiger partial charge in [0.1, 0.15) is 18.1 Å². The third kappa shape index (κ3) is 4.16. The molecule has 0 unspecified atom stereocenters. The number of hydrogen-bond donors (Lipinski definition) is 1. The number of para-hydroxylation sites is 1. The first kappa shape index (κ1) is 15.2. The van der Waals surface area contributed by atoms with Gasteiger partial charge in [-0.2, -0.15) is 0 Å². The molecule has 0 heterocycles. The van der Waals surface area contributed by atoms with Crippen LogP contribution >= 0.6 is 11.6 Å². The van der Waals surface area contributed by atoms with Crippen LogP contribution in [0.4, 0.5) is 0 Å². The highest BCUT2D eigenvalue weighted by molar-refractivity contribution is 6.32. The molecule has 0 saturated heterocycles. The highest BCUT2D eigenvalue weighted by Crippen LogP contribution is 2.26. The number of halogens is 1. The Morgan fingerprint density at radius 1 is 1.14 bits per heavy atom. The van der Waals surface area contributed by atoms with Crippen molar-refractivity contribution in [1.29, 1.82) is 0 Å². The molecule has 108 valence electrons. The molecule has 21 heavy (non-hydrogen) atoms. The van der Waals surface area contributed by atoms with Gasteiger partial charge in [0.05, 0.1) is 18.7 Å². The fourth-order valence-corrected chi connectivity index (χ4v) is 2.03. The molecule has 0 radical (unpaired) electrons. The van der Waals surface area contributed by atoms with E-state index in [0.717, 1.165) is 16.9 Å². The summed E-state index contributed by atoms with van der Waals surface area (Å²) in [5.41, 5.74) is 7.16. The Hall–Kier alpha value is -2.15. The zero-order valence-corrected chi connectivity index (χ0v) is 12.5. The summed E-state index contributed by atoms with van der Waals surface area (Å²) >= 11 is 6.07. The van der Waals surface area contributed by atoms with E-state index in [2.05, 4.69) is 11.8 Å². The molecule has 0 aromatic heterocycles. The topological polar surface area (TPSA) is 44.5 Å². The average molecular weight is 302 g/mol. The van der Waals surface area contributed by atoms with E-state index in [9.17, 15) is 0 Å². The largest absolute Gasteiger partial charge is 0.496 e. The van der Waals surface area contributed by atoms with E-state index in [-0.39, 0.29) is 0 Å². The molecule has 0 aliphatic carbocycles. The Bertz CT molecular complexity index is 674. The summed E-state index contributed by atoms with van der Waals surface area (Å²) in [4.78, 5) is 0. The molecule has 2 aromatic carbocycles. The molecule has 0 saturated carbocycles. The van der Waals surface area contributed by atoms with Crippen LogP contribution in [0.2, 0.25) is 5.02 Å². The predicted octanol–water partition coefficient (Wildman–Crippen LogP) is 3.24. The molecule has 4 heteroatoms. The minimum Gasteiger partial charge on any atom is -0.496 e. The van der Waals surface area contributed by atoms with Crippen LogP contribution in [0, 0.1) is 11.8 Å². The summed E-state index contributed by atoms with van der Waals surface area (Å²) in [7, 11) is 1.62. The van der Waals surface area contributed by atoms with Crippen molar-refractivity contribution in [2.45, 2.75) is 6.61 Å². The molecular formula is C17H16ClNO2. The van der Waals surface area contributed by atoms with Crippen LogP contribution in [0.15, 0.2) is 42.5 Å². The summed E-state index contributed by atoms with van der Waals surface area (Å²) in [5, 5.41) is 0.579. The van der Waals surface area contributed by atoms with Crippen molar-refractivity contribution in [1.82, 2.24) is 0 Å². The number of rotatable bonds is 4. The Morgan fingerprint density at radius 3 is 2.67 bits per heavy atom. The third-order valence-electron chi connectivity index (χ3n) is 2.84. The average Bonchev–Trinajstić information content (AvgIpc) is 2.52. The summed E-state index contributed by atoms with van der Waals surface area (Å²) < 4.78 is 11.1. The maximum Gasteiger partial charge on any atom is 0.138 e. The lowest BCUT2D eigenvalue weighted by Crippen LogP contribution is -2.00. The van der Waals surface area contributed by atoms with Crippen molar-refractivity contribution in [2.24, 2.45) is 5.73 Å². The van der Waals surface area contributed by atoms with Crippen LogP contribution in [0.5, 0.6) is 11.5 Å². The van der Waals surface area contributed by atoms with Crippen LogP contribution in [-0.2, 0) is 6.61 Å². The summed E-state index contributed by atoms with van der Waals surface area (Å²) in [6.07, 6.45) is 0. The van der Waals surface area contributed by atoms with Gasteiger partial charge >= 0.3 is 0 Å². The minimum atomic E-state index is 0.331. The van der Waals surface area contributed by atoms with E-state index < -0.39 is 0 Å². The highest BCUT2D eigenvalue weighted by Gasteiger charge is 2.06. The van der Waals surface area contributed by atoms with E-state index in [1.807, 2.05) is 36.4 Å². The minimum absolute atomic E-state index is 0.331. The lowest BCUT2D eigenvalue weighted by molar-refractivity contribution is 0.297. The van der Waals surface area contributed by atoms with Crippen molar-refractivity contribution >= 4 is 11.6 Å². The second-order valence-electron chi connectivity index (χ2n) is 4.25. The van der Waals surface area contributed by atoms with E-state index in [0.29, 0.717) is 23.9 Å². The second kappa shape index (κ2) is 7.58. The fraction of sp³-hybridized carbons (Fsp3) is 0.176. The van der Waals surface area contributed by atoms with Crippen LogP contribution in [0.1, 0.15) is 11.1 Å². The van der Waals surface area contributed by atoms with Gasteiger partial charge in [0.15, 0.2) is 0 Å². The van der Waals surface area contributed by atoms with Crippen LogP contribution in [-0.4, -0.2) is 13.7 Å². The maximum atomic E-state index is 6.07. The smallest absolute Gasteiger partial charge is 0.138 e. The quantitative estimate of drug-likeness (QED) is 0.882. The number of benzene rings is 2. The van der Waals surface area contributed by atoms with Gasteiger partial charge in [0.2, 0.25) is 0 Å². The molecule has 2 N–H and O–H groups in total. The summed E-state index contributed by atoms with van der Waals surface area (Å²) in [6.45, 7) is 0.683. The van der Waals surface area contributed by atoms with Crippen LogP contribution in [0.25, 0.3) is 0 Å². The fourth-order valence-electron chi connectivity index (χ4n) is 1.84. The SMILES string of the molecule is COc1ccc(C#CCN)cc1COc1ccccc1Cl. The van der Waals surface area contributed by atoms with Crippen molar-refractivity contribution in [2.75, 3.05) is 13.7 Å². The Kier molecular flexibility index (Phi) is 5.51. The molecule has 0 aliphatic heterocycles. The highest BCUT2D eigenvalue weighted by atomic mass is 35.5. The number of hydrogen-bond acceptors (Lipinski definition) is 3. The van der Waals surface area contributed by atoms with Crippen molar-refractivity contribution in [3.05, 3.63) is 58.6 Å². The predicted molar refractivity (Wildman–Crippen MR) is 84.7 cm³/mol. The van der Waals surface area contributed by atoms with Gasteiger partial charge in [-0.05, 0) is 30.3 Å². The lowest BCUT2D eigenvalue weighted by atomic mass is 10.1. The van der Waals surface area contributed by atoms with Crippen LogP contribution in [0.3, 0.4) is 0 Å². The molecule has 0 atom stereocenters. The molecule has 0 bridgehead atoms. The first-order chi connectivity index (χ1) is 10.2. The van der Waals surface area contributed by atoms with Gasteiger partial charge in [-0.25, -0.2) is 0 Å². The maximum absolute atomic E-state index is 6.07. The van der Waals surface area contributed by atoms with E-state index in [1.54, 1.807) is 13.2 Å². The standard InChI is InChI=1S/C17H16ClNO2/c1-20-16-9-8-13(5-4-10-19)11-14(16)12-21-17-7-3-2-6-15(17)18/h2-3,6-9,11H,10,12,19H2,1H3. The van der Waals surface area contributed by atoms with Crippen molar-refractivity contribution in [3.8, 4) is 23.3 Å². The van der Waals surface area contributed by atoms with Gasteiger partial charge in [0, 0.05) is 11.1 Å². The first-order valence-electron chi connectivity index (χ1n) is 6.47. The van der Waals surface area contributed by atoms with Gasteiger partial charge in [-0.15, -0.1) is 0 Å². The number of nitrogens with two attached hydrogens (primary N) is 1. The van der Waals surface area contributed by atoms with Crippen molar-refractivity contribution < 1.29 is 9.47 Å². The number of ether oxygens (including phenoxy) is 2. The van der Waals surface area contributed by atoms with Crippen LogP contribution < -0.4 is 15.2 Å². The Balaban J connectivity index is 2.19. The molecule has 0 amide bonds. The number of methoxy groups -OCH3 is 1. The van der Waals surface area contributed by atoms with E-state index in [4.69, 9.17) is 26.8 Å². The van der Waals surface area contributed by atoms with E-state index >= 15 is 0 Å². The molecule has 2 rings (SSSR count). The lowest BCUT2D eigenvalue weighted by Gasteiger charge is -2.11. The third-order valence-corrected chi connectivity index (χ3v) is 3.15. The molecular weight excluding hydrogens is 286 g/mol. The van der Waals surface area contributed by atoms with Gasteiger partial charge in [-0.1, -0.05) is 35.6 Å². The molecule has 3 nitrogen and oxygen atoms in total. The zero-order valence-electron chi connectivity index (χ0n) is 11.7. The van der Waals surface area contributed by atoms with Gasteiger partial charge in [0.25, 0.3) is 0 Å². The Morgan fingerprint density at radius 2 is 1.95 bits per heavy atom. The van der Waals surface area contributed by atoms with Gasteiger partial charge in [-0.3, -0.25) is 0 Å². The molecule has 0 aliphatic rings. The monoisotopic (exact) mass is 301 g/mol. The summed E-state index contributed by atoms with van der Waals surface area (Å²) in [5.74, 6) is 7.21. The molecule has 0 spiro atoms. The summed E-state index contributed by atoms with van der Waals surface area (Å²) in [6, 6.07) is 13.0. The zero-order chi connectivity index (χ0) is 15.1.